The van der Waals surface area contributed by atoms with Crippen LogP contribution >= 0.6 is 0 Å². The number of hydrogen-bond acceptors (Lipinski definition) is 4. The number of aromatic hydroxyl groups is 1. The SMILES string of the molecule is CCCN(C=O)C(C)(C(=O)O)c1ccc(O)c(OC)c1. The molecule has 0 saturated carbocycles. The number of ether oxygens (including phenoxy) is 1. The lowest BCUT2D eigenvalue weighted by atomic mass is 9.90. The van der Waals surface area contributed by atoms with Gasteiger partial charge in [-0.25, -0.2) is 4.79 Å². The molecule has 1 atom stereocenters. The van der Waals surface area contributed by atoms with Crippen molar-refractivity contribution >= 4 is 12.4 Å². The van der Waals surface area contributed by atoms with Gasteiger partial charge in [0.25, 0.3) is 0 Å². The van der Waals surface area contributed by atoms with E-state index in [1.165, 1.54) is 37.1 Å². The Morgan fingerprint density at radius 2 is 2.15 bits per heavy atom. The Kier molecular flexibility index (Phi) is 4.96. The number of carbonyl (C=O) groups excluding carboxylic acids is 1. The molecule has 1 aromatic carbocycles. The normalized spacial score (nSPS) is 13.3. The topological polar surface area (TPSA) is 87.1 Å². The van der Waals surface area contributed by atoms with E-state index in [9.17, 15) is 19.8 Å². The van der Waals surface area contributed by atoms with Gasteiger partial charge in [0.1, 0.15) is 0 Å². The zero-order chi connectivity index (χ0) is 15.3. The maximum atomic E-state index is 11.7. The molecule has 1 unspecified atom stereocenters. The van der Waals surface area contributed by atoms with Gasteiger partial charge in [-0.1, -0.05) is 13.0 Å². The molecule has 6 nitrogen and oxygen atoms in total. The van der Waals surface area contributed by atoms with Gasteiger partial charge in [0, 0.05) is 6.54 Å². The first-order valence-corrected chi connectivity index (χ1v) is 6.24. The van der Waals surface area contributed by atoms with Crippen LogP contribution in [0.4, 0.5) is 0 Å². The quantitative estimate of drug-likeness (QED) is 0.741. The Bertz CT molecular complexity index is 502. The second-order valence-electron chi connectivity index (χ2n) is 4.56. The van der Waals surface area contributed by atoms with Gasteiger partial charge >= 0.3 is 5.97 Å². The summed E-state index contributed by atoms with van der Waals surface area (Å²) < 4.78 is 4.98. The predicted molar refractivity (Wildman–Crippen MR) is 72.7 cm³/mol. The van der Waals surface area contributed by atoms with Gasteiger partial charge in [-0.2, -0.15) is 0 Å². The minimum absolute atomic E-state index is 0.0860. The maximum Gasteiger partial charge on any atom is 0.334 e. The van der Waals surface area contributed by atoms with Gasteiger partial charge in [-0.05, 0) is 31.0 Å². The highest BCUT2D eigenvalue weighted by molar-refractivity contribution is 5.83. The summed E-state index contributed by atoms with van der Waals surface area (Å²) in [5.74, 6) is -1.07. The van der Waals surface area contributed by atoms with Crippen LogP contribution in [0.15, 0.2) is 18.2 Å². The lowest BCUT2D eigenvalue weighted by Crippen LogP contribution is -2.49. The van der Waals surface area contributed by atoms with Crippen molar-refractivity contribution < 1.29 is 24.5 Å². The number of carbonyl (C=O) groups is 2. The summed E-state index contributed by atoms with van der Waals surface area (Å²) in [5, 5.41) is 19.1. The van der Waals surface area contributed by atoms with Crippen LogP contribution in [0.2, 0.25) is 0 Å². The molecule has 6 heteroatoms. The maximum absolute atomic E-state index is 11.7. The highest BCUT2D eigenvalue weighted by Gasteiger charge is 2.41. The van der Waals surface area contributed by atoms with Crippen LogP contribution in [-0.4, -0.2) is 41.1 Å². The summed E-state index contributed by atoms with van der Waals surface area (Å²) in [6.07, 6.45) is 1.16. The molecule has 0 aliphatic heterocycles. The number of aliphatic carboxylic acids is 1. The molecule has 2 N–H and O–H groups in total. The Balaban J connectivity index is 3.39. The van der Waals surface area contributed by atoms with Crippen LogP contribution < -0.4 is 4.74 Å². The van der Waals surface area contributed by atoms with E-state index in [1.807, 2.05) is 6.92 Å². The fourth-order valence-electron chi connectivity index (χ4n) is 2.02. The lowest BCUT2D eigenvalue weighted by Gasteiger charge is -2.35. The third kappa shape index (κ3) is 2.68. The van der Waals surface area contributed by atoms with Crippen molar-refractivity contribution in [1.82, 2.24) is 4.90 Å². The number of phenols is 1. The van der Waals surface area contributed by atoms with Gasteiger partial charge in [0.05, 0.1) is 7.11 Å². The number of methoxy groups -OCH3 is 1. The minimum atomic E-state index is -1.52. The zero-order valence-corrected chi connectivity index (χ0v) is 11.8. The van der Waals surface area contributed by atoms with Crippen LogP contribution in [0.25, 0.3) is 0 Å². The van der Waals surface area contributed by atoms with Crippen molar-refractivity contribution in [3.8, 4) is 11.5 Å². The van der Waals surface area contributed by atoms with Gasteiger partial charge in [-0.15, -0.1) is 0 Å². The third-order valence-corrected chi connectivity index (χ3v) is 3.32. The standard InChI is InChI=1S/C14H19NO5/c1-4-7-15(9-16)14(2,13(18)19)10-5-6-11(17)12(8-10)20-3/h5-6,8-9,17H,4,7H2,1-3H3,(H,18,19). The molecule has 0 aliphatic rings. The fraction of sp³-hybridized carbons (Fsp3) is 0.429. The van der Waals surface area contributed by atoms with Crippen LogP contribution in [0.3, 0.4) is 0 Å². The largest absolute Gasteiger partial charge is 0.504 e. The van der Waals surface area contributed by atoms with Crippen molar-refractivity contribution in [3.63, 3.8) is 0 Å². The average molecular weight is 281 g/mol. The number of benzene rings is 1. The molecule has 20 heavy (non-hydrogen) atoms. The lowest BCUT2D eigenvalue weighted by molar-refractivity contribution is -0.154. The Morgan fingerprint density at radius 1 is 1.50 bits per heavy atom. The molecule has 0 aromatic heterocycles. The number of amides is 1. The monoisotopic (exact) mass is 281 g/mol. The molecule has 0 saturated heterocycles. The number of hydrogen-bond donors (Lipinski definition) is 2. The zero-order valence-electron chi connectivity index (χ0n) is 11.8. The van der Waals surface area contributed by atoms with Crippen LogP contribution in [-0.2, 0) is 15.1 Å². The molecule has 0 fully saturated rings. The van der Waals surface area contributed by atoms with E-state index in [0.29, 0.717) is 24.9 Å². The second-order valence-corrected chi connectivity index (χ2v) is 4.56. The first-order chi connectivity index (χ1) is 9.41. The molecule has 0 spiro atoms. The van der Waals surface area contributed by atoms with E-state index in [4.69, 9.17) is 4.74 Å². The van der Waals surface area contributed by atoms with Gasteiger partial charge < -0.3 is 19.8 Å². The molecule has 1 aromatic rings. The summed E-state index contributed by atoms with van der Waals surface area (Å²) in [6.45, 7) is 3.62. The number of carboxylic acids is 1. The van der Waals surface area contributed by atoms with Gasteiger partial charge in [0.15, 0.2) is 17.0 Å². The predicted octanol–water partition coefficient (Wildman–Crippen LogP) is 1.57. The van der Waals surface area contributed by atoms with Crippen LogP contribution in [0.1, 0.15) is 25.8 Å². The smallest absolute Gasteiger partial charge is 0.334 e. The number of rotatable bonds is 7. The van der Waals surface area contributed by atoms with E-state index in [2.05, 4.69) is 0 Å². The van der Waals surface area contributed by atoms with Crippen LogP contribution in [0, 0.1) is 0 Å². The average Bonchev–Trinajstić information content (AvgIpc) is 2.44. The van der Waals surface area contributed by atoms with Crippen molar-refractivity contribution in [2.75, 3.05) is 13.7 Å². The van der Waals surface area contributed by atoms with Crippen LogP contribution in [0.5, 0.6) is 11.5 Å². The van der Waals surface area contributed by atoms with E-state index in [1.54, 1.807) is 0 Å². The van der Waals surface area contributed by atoms with Crippen molar-refractivity contribution in [3.05, 3.63) is 23.8 Å². The molecular formula is C14H19NO5. The Hall–Kier alpha value is -2.24. The number of carboxylic acid groups (broad SMARTS) is 1. The molecule has 0 radical (unpaired) electrons. The first-order valence-electron chi connectivity index (χ1n) is 6.24. The summed E-state index contributed by atoms with van der Waals surface area (Å²) in [7, 11) is 1.38. The summed E-state index contributed by atoms with van der Waals surface area (Å²) >= 11 is 0. The van der Waals surface area contributed by atoms with Crippen molar-refractivity contribution in [2.24, 2.45) is 0 Å². The Labute approximate surface area is 117 Å². The molecule has 0 heterocycles. The highest BCUT2D eigenvalue weighted by atomic mass is 16.5. The molecular weight excluding hydrogens is 262 g/mol. The second kappa shape index (κ2) is 6.27. The van der Waals surface area contributed by atoms with E-state index in [0.717, 1.165) is 0 Å². The summed E-state index contributed by atoms with van der Waals surface area (Å²) in [4.78, 5) is 24.1. The van der Waals surface area contributed by atoms with Crippen molar-refractivity contribution in [1.29, 1.82) is 0 Å². The third-order valence-electron chi connectivity index (χ3n) is 3.32. The molecule has 0 aliphatic carbocycles. The van der Waals surface area contributed by atoms with E-state index < -0.39 is 11.5 Å². The molecule has 110 valence electrons. The molecule has 1 rings (SSSR count). The molecule has 1 amide bonds. The summed E-state index contributed by atoms with van der Waals surface area (Å²) in [6, 6.07) is 4.25. The van der Waals surface area contributed by atoms with E-state index in [-0.39, 0.29) is 11.5 Å². The molecule has 0 bridgehead atoms. The highest BCUT2D eigenvalue weighted by Crippen LogP contribution is 2.34. The number of nitrogens with zero attached hydrogens (tertiary/aromatic N) is 1. The first kappa shape index (κ1) is 15.8. The number of phenolic OH excluding ortho intramolecular Hbond substituents is 1. The Morgan fingerprint density at radius 3 is 2.60 bits per heavy atom. The fourth-order valence-corrected chi connectivity index (χ4v) is 2.02. The minimum Gasteiger partial charge on any atom is -0.504 e. The van der Waals surface area contributed by atoms with Gasteiger partial charge in [0.2, 0.25) is 6.41 Å². The van der Waals surface area contributed by atoms with Crippen molar-refractivity contribution in [2.45, 2.75) is 25.8 Å². The van der Waals surface area contributed by atoms with E-state index >= 15 is 0 Å². The van der Waals surface area contributed by atoms with Gasteiger partial charge in [-0.3, -0.25) is 4.79 Å². The summed E-state index contributed by atoms with van der Waals surface area (Å²) in [5.41, 5.74) is -1.15.